The summed E-state index contributed by atoms with van der Waals surface area (Å²) in [6.45, 7) is 0.657. The molecule has 132 valence electrons. The van der Waals surface area contributed by atoms with E-state index in [0.717, 1.165) is 18.4 Å². The number of amides is 1. The van der Waals surface area contributed by atoms with Gasteiger partial charge < -0.3 is 14.2 Å². The first-order chi connectivity index (χ1) is 12.8. The zero-order valence-corrected chi connectivity index (χ0v) is 14.5. The van der Waals surface area contributed by atoms with Crippen LogP contribution in [-0.4, -0.2) is 34.6 Å². The molecule has 6 heteroatoms. The van der Waals surface area contributed by atoms with Gasteiger partial charge in [-0.1, -0.05) is 47.6 Å². The van der Waals surface area contributed by atoms with Crippen LogP contribution in [-0.2, 0) is 0 Å². The molecule has 1 saturated heterocycles. The van der Waals surface area contributed by atoms with Gasteiger partial charge in [0, 0.05) is 12.1 Å². The minimum absolute atomic E-state index is 0.0792. The van der Waals surface area contributed by atoms with Crippen molar-refractivity contribution in [3.05, 3.63) is 66.1 Å². The van der Waals surface area contributed by atoms with E-state index in [2.05, 4.69) is 10.1 Å². The van der Waals surface area contributed by atoms with Crippen LogP contribution in [0.5, 0.6) is 5.75 Å². The van der Waals surface area contributed by atoms with Crippen LogP contribution in [0.2, 0.25) is 0 Å². The maximum Gasteiger partial charge on any atom is 0.258 e. The molecule has 0 spiro atoms. The number of hydrogen-bond donors (Lipinski definition) is 0. The molecule has 1 aliphatic heterocycles. The lowest BCUT2D eigenvalue weighted by molar-refractivity contribution is 0.0706. The van der Waals surface area contributed by atoms with E-state index in [1.807, 2.05) is 42.5 Å². The first kappa shape index (κ1) is 16.3. The second-order valence-electron chi connectivity index (χ2n) is 6.18. The Kier molecular flexibility index (Phi) is 4.39. The lowest BCUT2D eigenvalue weighted by Crippen LogP contribution is -2.31. The molecule has 0 radical (unpaired) electrons. The van der Waals surface area contributed by atoms with Crippen molar-refractivity contribution in [3.63, 3.8) is 0 Å². The van der Waals surface area contributed by atoms with Gasteiger partial charge in [-0.25, -0.2) is 0 Å². The quantitative estimate of drug-likeness (QED) is 0.718. The van der Waals surface area contributed by atoms with Crippen molar-refractivity contribution < 1.29 is 14.1 Å². The van der Waals surface area contributed by atoms with E-state index >= 15 is 0 Å². The molecule has 1 fully saturated rings. The van der Waals surface area contributed by atoms with Gasteiger partial charge in [0.25, 0.3) is 5.91 Å². The van der Waals surface area contributed by atoms with Gasteiger partial charge in [-0.2, -0.15) is 4.98 Å². The SMILES string of the molecule is COc1ccccc1C(=O)N1CCCC1c1nc(-c2ccccc2)no1. The van der Waals surface area contributed by atoms with Crippen molar-refractivity contribution in [3.8, 4) is 17.1 Å². The summed E-state index contributed by atoms with van der Waals surface area (Å²) >= 11 is 0. The third-order valence-electron chi connectivity index (χ3n) is 4.61. The van der Waals surface area contributed by atoms with Crippen molar-refractivity contribution in [1.29, 1.82) is 0 Å². The van der Waals surface area contributed by atoms with Crippen molar-refractivity contribution in [2.75, 3.05) is 13.7 Å². The number of benzene rings is 2. The van der Waals surface area contributed by atoms with E-state index in [4.69, 9.17) is 9.26 Å². The molecular formula is C20H19N3O3. The molecule has 1 atom stereocenters. The molecule has 1 aliphatic rings. The number of para-hydroxylation sites is 1. The first-order valence-electron chi connectivity index (χ1n) is 8.61. The summed E-state index contributed by atoms with van der Waals surface area (Å²) in [7, 11) is 1.57. The zero-order chi connectivity index (χ0) is 17.9. The van der Waals surface area contributed by atoms with Gasteiger partial charge in [0.2, 0.25) is 11.7 Å². The van der Waals surface area contributed by atoms with Gasteiger partial charge in [0.1, 0.15) is 11.8 Å². The topological polar surface area (TPSA) is 68.5 Å². The Labute approximate surface area is 151 Å². The summed E-state index contributed by atoms with van der Waals surface area (Å²) in [5.41, 5.74) is 1.44. The Hall–Kier alpha value is -3.15. The summed E-state index contributed by atoms with van der Waals surface area (Å²) < 4.78 is 10.8. The Bertz CT molecular complexity index is 907. The molecule has 2 heterocycles. The lowest BCUT2D eigenvalue weighted by Gasteiger charge is -2.22. The van der Waals surface area contributed by atoms with E-state index in [9.17, 15) is 4.79 Å². The third kappa shape index (κ3) is 2.94. The Balaban J connectivity index is 1.61. The molecule has 26 heavy (non-hydrogen) atoms. The third-order valence-corrected chi connectivity index (χ3v) is 4.61. The van der Waals surface area contributed by atoms with E-state index in [1.165, 1.54) is 0 Å². The van der Waals surface area contributed by atoms with Gasteiger partial charge in [-0.15, -0.1) is 0 Å². The lowest BCUT2D eigenvalue weighted by atomic mass is 10.1. The highest BCUT2D eigenvalue weighted by molar-refractivity contribution is 5.97. The van der Waals surface area contributed by atoms with Gasteiger partial charge in [-0.05, 0) is 25.0 Å². The van der Waals surface area contributed by atoms with Gasteiger partial charge in [-0.3, -0.25) is 4.79 Å². The number of ether oxygens (including phenoxy) is 1. The second-order valence-corrected chi connectivity index (χ2v) is 6.18. The molecule has 0 bridgehead atoms. The van der Waals surface area contributed by atoms with E-state index < -0.39 is 0 Å². The summed E-state index contributed by atoms with van der Waals surface area (Å²) in [6, 6.07) is 16.7. The number of methoxy groups -OCH3 is 1. The highest BCUT2D eigenvalue weighted by Crippen LogP contribution is 2.34. The van der Waals surface area contributed by atoms with Crippen LogP contribution < -0.4 is 4.74 Å². The van der Waals surface area contributed by atoms with Crippen molar-refractivity contribution in [1.82, 2.24) is 15.0 Å². The highest BCUT2D eigenvalue weighted by atomic mass is 16.5. The molecule has 1 unspecified atom stereocenters. The molecule has 2 aromatic carbocycles. The zero-order valence-electron chi connectivity index (χ0n) is 14.5. The minimum Gasteiger partial charge on any atom is -0.496 e. The number of hydrogen-bond acceptors (Lipinski definition) is 5. The van der Waals surface area contributed by atoms with Crippen LogP contribution in [0.1, 0.15) is 35.1 Å². The molecule has 6 nitrogen and oxygen atoms in total. The van der Waals surface area contributed by atoms with Crippen LogP contribution in [0.25, 0.3) is 11.4 Å². The van der Waals surface area contributed by atoms with Crippen molar-refractivity contribution in [2.45, 2.75) is 18.9 Å². The molecular weight excluding hydrogens is 330 g/mol. The van der Waals surface area contributed by atoms with Gasteiger partial charge in [0.05, 0.1) is 12.7 Å². The summed E-state index contributed by atoms with van der Waals surface area (Å²) in [5.74, 6) is 1.50. The molecule has 0 N–H and O–H groups in total. The highest BCUT2D eigenvalue weighted by Gasteiger charge is 2.35. The van der Waals surface area contributed by atoms with Crippen LogP contribution in [0, 0.1) is 0 Å². The maximum atomic E-state index is 13.0. The number of carbonyl (C=O) groups excluding carboxylic acids is 1. The average Bonchev–Trinajstić information content (AvgIpc) is 3.37. The molecule has 1 amide bonds. The molecule has 1 aromatic heterocycles. The predicted octanol–water partition coefficient (Wildman–Crippen LogP) is 3.72. The number of carbonyl (C=O) groups is 1. The Morgan fingerprint density at radius 1 is 1.15 bits per heavy atom. The standard InChI is InChI=1S/C20H19N3O3/c1-25-17-12-6-5-10-15(17)20(24)23-13-7-11-16(23)19-21-18(22-26-19)14-8-3-2-4-9-14/h2-6,8-10,12,16H,7,11,13H2,1H3. The Morgan fingerprint density at radius 3 is 2.73 bits per heavy atom. The van der Waals surface area contributed by atoms with Crippen LogP contribution >= 0.6 is 0 Å². The van der Waals surface area contributed by atoms with Gasteiger partial charge >= 0.3 is 0 Å². The predicted molar refractivity (Wildman–Crippen MR) is 95.7 cm³/mol. The molecule has 0 saturated carbocycles. The smallest absolute Gasteiger partial charge is 0.258 e. The first-order valence-corrected chi connectivity index (χ1v) is 8.61. The fourth-order valence-electron chi connectivity index (χ4n) is 3.32. The molecule has 3 aromatic rings. The van der Waals surface area contributed by atoms with E-state index in [0.29, 0.717) is 29.6 Å². The summed E-state index contributed by atoms with van der Waals surface area (Å²) in [6.07, 6.45) is 1.70. The van der Waals surface area contributed by atoms with Crippen LogP contribution in [0.15, 0.2) is 59.1 Å². The van der Waals surface area contributed by atoms with E-state index in [1.54, 1.807) is 24.1 Å². The van der Waals surface area contributed by atoms with Crippen LogP contribution in [0.3, 0.4) is 0 Å². The van der Waals surface area contributed by atoms with Crippen molar-refractivity contribution >= 4 is 5.91 Å². The Morgan fingerprint density at radius 2 is 1.92 bits per heavy atom. The largest absolute Gasteiger partial charge is 0.496 e. The van der Waals surface area contributed by atoms with Crippen LogP contribution in [0.4, 0.5) is 0 Å². The number of aromatic nitrogens is 2. The fraction of sp³-hybridized carbons (Fsp3) is 0.250. The maximum absolute atomic E-state index is 13.0. The number of likely N-dealkylation sites (tertiary alicyclic amines) is 1. The van der Waals surface area contributed by atoms with E-state index in [-0.39, 0.29) is 11.9 Å². The van der Waals surface area contributed by atoms with Crippen molar-refractivity contribution in [2.24, 2.45) is 0 Å². The molecule has 4 rings (SSSR count). The van der Waals surface area contributed by atoms with Gasteiger partial charge in [0.15, 0.2) is 0 Å². The normalized spacial score (nSPS) is 16.7. The average molecular weight is 349 g/mol. The minimum atomic E-state index is -0.211. The molecule has 0 aliphatic carbocycles. The fourth-order valence-corrected chi connectivity index (χ4v) is 3.32. The number of nitrogens with zero attached hydrogens (tertiary/aromatic N) is 3. The number of rotatable bonds is 4. The monoisotopic (exact) mass is 349 g/mol. The summed E-state index contributed by atoms with van der Waals surface area (Å²) in [5, 5.41) is 4.08. The summed E-state index contributed by atoms with van der Waals surface area (Å²) in [4.78, 5) is 19.4. The second kappa shape index (κ2) is 7.00.